The van der Waals surface area contributed by atoms with Crippen molar-refractivity contribution in [2.24, 2.45) is 0 Å². The summed E-state index contributed by atoms with van der Waals surface area (Å²) in [5, 5.41) is 11.5. The summed E-state index contributed by atoms with van der Waals surface area (Å²) < 4.78 is 5.76. The molecule has 0 bridgehead atoms. The Bertz CT molecular complexity index is 1100. The maximum atomic E-state index is 12.8. The standard InChI is InChI=1S/C23H21ClN4O3/c1-15(29)25-19-9-2-16(3-10-19)4-13-22(30)28(20-11-12-20)14-21-26-27-23(31-21)17-5-7-18(24)8-6-17/h2-10,13,20H,11-12,14H2,1H3,(H,25,29)/b13-4+. The zero-order valence-electron chi connectivity index (χ0n) is 16.9. The summed E-state index contributed by atoms with van der Waals surface area (Å²) in [4.78, 5) is 25.7. The van der Waals surface area contributed by atoms with E-state index in [1.165, 1.54) is 6.92 Å². The van der Waals surface area contributed by atoms with E-state index in [0.717, 1.165) is 24.0 Å². The second-order valence-corrected chi connectivity index (χ2v) is 7.78. The highest BCUT2D eigenvalue weighted by molar-refractivity contribution is 6.30. The molecule has 4 rings (SSSR count). The van der Waals surface area contributed by atoms with Crippen LogP contribution in [-0.4, -0.2) is 33.0 Å². The van der Waals surface area contributed by atoms with Crippen LogP contribution in [-0.2, 0) is 16.1 Å². The average Bonchev–Trinajstić information content (AvgIpc) is 3.49. The number of aromatic nitrogens is 2. The molecule has 7 nitrogen and oxygen atoms in total. The first-order valence-corrected chi connectivity index (χ1v) is 10.3. The Balaban J connectivity index is 1.42. The predicted octanol–water partition coefficient (Wildman–Crippen LogP) is 4.55. The van der Waals surface area contributed by atoms with Gasteiger partial charge in [0.1, 0.15) is 0 Å². The molecule has 0 unspecified atom stereocenters. The van der Waals surface area contributed by atoms with Gasteiger partial charge in [0.2, 0.25) is 23.6 Å². The number of nitrogens with zero attached hydrogens (tertiary/aromatic N) is 3. The Hall–Kier alpha value is -3.45. The van der Waals surface area contributed by atoms with E-state index in [1.807, 2.05) is 24.3 Å². The maximum absolute atomic E-state index is 12.8. The van der Waals surface area contributed by atoms with Crippen LogP contribution >= 0.6 is 11.6 Å². The molecule has 1 aliphatic rings. The highest BCUT2D eigenvalue weighted by atomic mass is 35.5. The van der Waals surface area contributed by atoms with Crippen LogP contribution in [0.1, 0.15) is 31.2 Å². The van der Waals surface area contributed by atoms with Gasteiger partial charge in [0.05, 0.1) is 6.54 Å². The first-order valence-electron chi connectivity index (χ1n) is 9.92. The van der Waals surface area contributed by atoms with Crippen molar-refractivity contribution in [3.05, 3.63) is 71.1 Å². The number of hydrogen-bond acceptors (Lipinski definition) is 5. The zero-order chi connectivity index (χ0) is 21.8. The third kappa shape index (κ3) is 5.58. The third-order valence-electron chi connectivity index (χ3n) is 4.78. The molecule has 1 saturated carbocycles. The first-order chi connectivity index (χ1) is 15.0. The molecule has 158 valence electrons. The Kier molecular flexibility index (Phi) is 6.13. The SMILES string of the molecule is CC(=O)Nc1ccc(/C=C/C(=O)N(Cc2nnc(-c3ccc(Cl)cc3)o2)C2CC2)cc1. The van der Waals surface area contributed by atoms with E-state index >= 15 is 0 Å². The molecule has 0 radical (unpaired) electrons. The van der Waals surface area contributed by atoms with Crippen molar-refractivity contribution in [1.29, 1.82) is 0 Å². The van der Waals surface area contributed by atoms with Gasteiger partial charge in [-0.3, -0.25) is 9.59 Å². The summed E-state index contributed by atoms with van der Waals surface area (Å²) in [5.41, 5.74) is 2.35. The fourth-order valence-electron chi connectivity index (χ4n) is 3.09. The van der Waals surface area contributed by atoms with Gasteiger partial charge in [0, 0.05) is 35.3 Å². The van der Waals surface area contributed by atoms with Crippen molar-refractivity contribution in [1.82, 2.24) is 15.1 Å². The number of hydrogen-bond donors (Lipinski definition) is 1. The fraction of sp³-hybridized carbons (Fsp3) is 0.217. The summed E-state index contributed by atoms with van der Waals surface area (Å²) in [6.07, 6.45) is 5.22. The quantitative estimate of drug-likeness (QED) is 0.549. The van der Waals surface area contributed by atoms with Gasteiger partial charge in [-0.25, -0.2) is 0 Å². The molecule has 1 heterocycles. The highest BCUT2D eigenvalue weighted by Gasteiger charge is 2.32. The number of amides is 2. The van der Waals surface area contributed by atoms with Crippen molar-refractivity contribution in [3.63, 3.8) is 0 Å². The van der Waals surface area contributed by atoms with Gasteiger partial charge in [-0.15, -0.1) is 10.2 Å². The number of anilines is 1. The molecule has 0 spiro atoms. The van der Waals surface area contributed by atoms with Crippen LogP contribution < -0.4 is 5.32 Å². The van der Waals surface area contributed by atoms with Crippen LogP contribution in [0.5, 0.6) is 0 Å². The Morgan fingerprint density at radius 1 is 1.13 bits per heavy atom. The van der Waals surface area contributed by atoms with E-state index in [0.29, 0.717) is 22.5 Å². The lowest BCUT2D eigenvalue weighted by Gasteiger charge is -2.18. The first kappa shape index (κ1) is 20.8. The van der Waals surface area contributed by atoms with E-state index in [4.69, 9.17) is 16.0 Å². The third-order valence-corrected chi connectivity index (χ3v) is 5.04. The summed E-state index contributed by atoms with van der Waals surface area (Å²) in [7, 11) is 0. The van der Waals surface area contributed by atoms with E-state index in [-0.39, 0.29) is 24.4 Å². The summed E-state index contributed by atoms with van der Waals surface area (Å²) >= 11 is 5.92. The largest absolute Gasteiger partial charge is 0.419 e. The van der Waals surface area contributed by atoms with Crippen molar-refractivity contribution in [3.8, 4) is 11.5 Å². The van der Waals surface area contributed by atoms with Crippen LogP contribution in [0.15, 0.2) is 59.0 Å². The second kappa shape index (κ2) is 9.14. The van der Waals surface area contributed by atoms with Crippen LogP contribution in [0.25, 0.3) is 17.5 Å². The monoisotopic (exact) mass is 436 g/mol. The van der Waals surface area contributed by atoms with Gasteiger partial charge in [-0.05, 0) is 60.9 Å². The molecule has 0 aliphatic heterocycles. The molecule has 0 saturated heterocycles. The van der Waals surface area contributed by atoms with Crippen molar-refractivity contribution >= 4 is 35.2 Å². The molecule has 3 aromatic rings. The molecule has 1 aliphatic carbocycles. The maximum Gasteiger partial charge on any atom is 0.247 e. The summed E-state index contributed by atoms with van der Waals surface area (Å²) in [6, 6.07) is 14.6. The molecule has 1 N–H and O–H groups in total. The molecule has 1 aromatic heterocycles. The lowest BCUT2D eigenvalue weighted by atomic mass is 10.2. The molecule has 1 fully saturated rings. The zero-order valence-corrected chi connectivity index (χ0v) is 17.7. The van der Waals surface area contributed by atoms with Crippen LogP contribution in [0.4, 0.5) is 5.69 Å². The Morgan fingerprint density at radius 3 is 2.48 bits per heavy atom. The minimum Gasteiger partial charge on any atom is -0.419 e. The molecule has 2 amide bonds. The van der Waals surface area contributed by atoms with Crippen molar-refractivity contribution in [2.75, 3.05) is 5.32 Å². The van der Waals surface area contributed by atoms with Crippen LogP contribution in [0.3, 0.4) is 0 Å². The Labute approximate surface area is 184 Å². The van der Waals surface area contributed by atoms with Crippen molar-refractivity contribution < 1.29 is 14.0 Å². The molecule has 31 heavy (non-hydrogen) atoms. The summed E-state index contributed by atoms with van der Waals surface area (Å²) in [6.45, 7) is 1.72. The van der Waals surface area contributed by atoms with Gasteiger partial charge in [0.15, 0.2) is 0 Å². The average molecular weight is 437 g/mol. The lowest BCUT2D eigenvalue weighted by molar-refractivity contribution is -0.127. The van der Waals surface area contributed by atoms with Gasteiger partial charge < -0.3 is 14.6 Å². The minimum absolute atomic E-state index is 0.111. The number of rotatable bonds is 7. The van der Waals surface area contributed by atoms with E-state index in [9.17, 15) is 9.59 Å². The minimum atomic E-state index is -0.126. The normalized spacial score (nSPS) is 13.4. The van der Waals surface area contributed by atoms with E-state index in [2.05, 4.69) is 15.5 Å². The number of carbonyl (C=O) groups is 2. The van der Waals surface area contributed by atoms with E-state index < -0.39 is 0 Å². The van der Waals surface area contributed by atoms with Gasteiger partial charge in [0.25, 0.3) is 0 Å². The summed E-state index contributed by atoms with van der Waals surface area (Å²) in [5.74, 6) is 0.543. The fourth-order valence-corrected chi connectivity index (χ4v) is 3.22. The molecule has 8 heteroatoms. The van der Waals surface area contributed by atoms with Gasteiger partial charge in [-0.2, -0.15) is 0 Å². The predicted molar refractivity (Wildman–Crippen MR) is 118 cm³/mol. The number of halogens is 1. The number of nitrogens with one attached hydrogen (secondary N) is 1. The molecular weight excluding hydrogens is 416 g/mol. The molecule has 0 atom stereocenters. The van der Waals surface area contributed by atoms with Gasteiger partial charge >= 0.3 is 0 Å². The topological polar surface area (TPSA) is 88.3 Å². The van der Waals surface area contributed by atoms with Crippen molar-refractivity contribution in [2.45, 2.75) is 32.4 Å². The molecular formula is C23H21ClN4O3. The number of carbonyl (C=O) groups excluding carboxylic acids is 2. The Morgan fingerprint density at radius 2 is 1.84 bits per heavy atom. The second-order valence-electron chi connectivity index (χ2n) is 7.34. The van der Waals surface area contributed by atoms with Crippen LogP contribution in [0, 0.1) is 0 Å². The van der Waals surface area contributed by atoms with Gasteiger partial charge in [-0.1, -0.05) is 23.7 Å². The highest BCUT2D eigenvalue weighted by Crippen LogP contribution is 2.29. The lowest BCUT2D eigenvalue weighted by Crippen LogP contribution is -2.31. The van der Waals surface area contributed by atoms with E-state index in [1.54, 1.807) is 41.3 Å². The van der Waals surface area contributed by atoms with Crippen LogP contribution in [0.2, 0.25) is 5.02 Å². The smallest absolute Gasteiger partial charge is 0.247 e. The number of benzene rings is 2. The molecule has 2 aromatic carbocycles.